The van der Waals surface area contributed by atoms with E-state index < -0.39 is 5.91 Å². The molecule has 1 saturated heterocycles. The fourth-order valence-electron chi connectivity index (χ4n) is 1.95. The molecule has 0 saturated carbocycles. The van der Waals surface area contributed by atoms with Crippen LogP contribution in [0.4, 0.5) is 11.4 Å². The second-order valence-corrected chi connectivity index (χ2v) is 4.19. The van der Waals surface area contributed by atoms with Crippen LogP contribution >= 0.6 is 0 Å². The van der Waals surface area contributed by atoms with Gasteiger partial charge in [-0.25, -0.2) is 0 Å². The summed E-state index contributed by atoms with van der Waals surface area (Å²) in [7, 11) is 0. The van der Waals surface area contributed by atoms with Gasteiger partial charge in [0, 0.05) is 24.5 Å². The Labute approximate surface area is 100 Å². The number of carbonyl (C=O) groups is 1. The largest absolute Gasteiger partial charge is 0.399 e. The molecule has 0 aromatic heterocycles. The molecule has 0 radical (unpaired) electrons. The predicted molar refractivity (Wildman–Crippen MR) is 66.8 cm³/mol. The first-order chi connectivity index (χ1) is 8.16. The third-order valence-electron chi connectivity index (χ3n) is 2.85. The van der Waals surface area contributed by atoms with Crippen LogP contribution in [0.2, 0.25) is 0 Å². The van der Waals surface area contributed by atoms with Gasteiger partial charge in [0.2, 0.25) is 0 Å². The molecule has 1 heterocycles. The molecule has 5 heteroatoms. The Morgan fingerprint density at radius 3 is 3.00 bits per heavy atom. The number of anilines is 2. The van der Waals surface area contributed by atoms with Crippen molar-refractivity contribution in [2.45, 2.75) is 18.9 Å². The molecule has 0 aliphatic carbocycles. The van der Waals surface area contributed by atoms with E-state index in [4.69, 9.17) is 16.2 Å². The highest BCUT2D eigenvalue weighted by Gasteiger charge is 2.16. The maximum absolute atomic E-state index is 11.3. The lowest BCUT2D eigenvalue weighted by molar-refractivity contribution is 0.100. The molecule has 0 bridgehead atoms. The average Bonchev–Trinajstić information content (AvgIpc) is 2.80. The summed E-state index contributed by atoms with van der Waals surface area (Å²) in [5, 5.41) is 3.18. The third kappa shape index (κ3) is 2.88. The van der Waals surface area contributed by atoms with Crippen molar-refractivity contribution in [3.05, 3.63) is 23.8 Å². The smallest absolute Gasteiger partial charge is 0.250 e. The summed E-state index contributed by atoms with van der Waals surface area (Å²) >= 11 is 0. The van der Waals surface area contributed by atoms with Crippen molar-refractivity contribution in [2.24, 2.45) is 5.73 Å². The van der Waals surface area contributed by atoms with Crippen molar-refractivity contribution in [3.63, 3.8) is 0 Å². The summed E-state index contributed by atoms with van der Waals surface area (Å²) < 4.78 is 5.50. The zero-order valence-electron chi connectivity index (χ0n) is 9.61. The van der Waals surface area contributed by atoms with Crippen molar-refractivity contribution >= 4 is 17.3 Å². The van der Waals surface area contributed by atoms with Gasteiger partial charge in [-0.05, 0) is 31.0 Å². The van der Waals surface area contributed by atoms with Crippen LogP contribution in [0.3, 0.4) is 0 Å². The van der Waals surface area contributed by atoms with Gasteiger partial charge in [0.05, 0.1) is 11.7 Å². The molecule has 5 nitrogen and oxygen atoms in total. The number of nitrogens with one attached hydrogen (secondary N) is 1. The SMILES string of the molecule is NC(=O)c1cc(N)ccc1NC[C@H]1CCCO1. The Morgan fingerprint density at radius 1 is 1.53 bits per heavy atom. The van der Waals surface area contributed by atoms with E-state index in [0.29, 0.717) is 23.5 Å². The highest BCUT2D eigenvalue weighted by Crippen LogP contribution is 2.20. The number of primary amides is 1. The number of ether oxygens (including phenoxy) is 1. The van der Waals surface area contributed by atoms with Crippen LogP contribution < -0.4 is 16.8 Å². The fourth-order valence-corrected chi connectivity index (χ4v) is 1.95. The van der Waals surface area contributed by atoms with Crippen molar-refractivity contribution in [3.8, 4) is 0 Å². The molecule has 0 unspecified atom stereocenters. The number of hydrogen-bond acceptors (Lipinski definition) is 4. The molecular weight excluding hydrogens is 218 g/mol. The first kappa shape index (κ1) is 11.7. The average molecular weight is 235 g/mol. The van der Waals surface area contributed by atoms with Crippen LogP contribution in [-0.2, 0) is 4.74 Å². The maximum Gasteiger partial charge on any atom is 0.250 e. The Kier molecular flexibility index (Phi) is 3.49. The zero-order chi connectivity index (χ0) is 12.3. The number of nitrogens with two attached hydrogens (primary N) is 2. The van der Waals surface area contributed by atoms with Crippen LogP contribution in [0.15, 0.2) is 18.2 Å². The Bertz CT molecular complexity index is 414. The minimum atomic E-state index is -0.479. The molecule has 17 heavy (non-hydrogen) atoms. The van der Waals surface area contributed by atoms with Gasteiger partial charge < -0.3 is 21.5 Å². The number of rotatable bonds is 4. The van der Waals surface area contributed by atoms with E-state index in [9.17, 15) is 4.79 Å². The van der Waals surface area contributed by atoms with Gasteiger partial charge in [0.15, 0.2) is 0 Å². The summed E-state index contributed by atoms with van der Waals surface area (Å²) in [6, 6.07) is 5.09. The van der Waals surface area contributed by atoms with Gasteiger partial charge in [-0.3, -0.25) is 4.79 Å². The molecule has 1 fully saturated rings. The molecule has 2 rings (SSSR count). The molecule has 1 aliphatic heterocycles. The summed E-state index contributed by atoms with van der Waals surface area (Å²) in [6.07, 6.45) is 2.36. The van der Waals surface area contributed by atoms with Crippen molar-refractivity contribution in [2.75, 3.05) is 24.2 Å². The van der Waals surface area contributed by atoms with Crippen LogP contribution in [0, 0.1) is 0 Å². The van der Waals surface area contributed by atoms with E-state index in [1.165, 1.54) is 0 Å². The second kappa shape index (κ2) is 5.05. The highest BCUT2D eigenvalue weighted by atomic mass is 16.5. The van der Waals surface area contributed by atoms with Gasteiger partial charge in [0.25, 0.3) is 5.91 Å². The normalized spacial score (nSPS) is 19.2. The summed E-state index contributed by atoms with van der Waals surface area (Å²) in [5.41, 5.74) is 12.6. The van der Waals surface area contributed by atoms with E-state index in [1.54, 1.807) is 18.2 Å². The van der Waals surface area contributed by atoms with Gasteiger partial charge in [-0.1, -0.05) is 0 Å². The molecule has 1 aromatic carbocycles. The third-order valence-corrected chi connectivity index (χ3v) is 2.85. The molecule has 1 aromatic rings. The number of nitrogen functional groups attached to an aromatic ring is 1. The quantitative estimate of drug-likeness (QED) is 0.678. The van der Waals surface area contributed by atoms with Gasteiger partial charge >= 0.3 is 0 Å². The Morgan fingerprint density at radius 2 is 2.35 bits per heavy atom. The van der Waals surface area contributed by atoms with E-state index in [-0.39, 0.29) is 6.10 Å². The van der Waals surface area contributed by atoms with E-state index in [0.717, 1.165) is 19.4 Å². The first-order valence-corrected chi connectivity index (χ1v) is 5.71. The number of amides is 1. The van der Waals surface area contributed by atoms with Crippen LogP contribution in [0.1, 0.15) is 23.2 Å². The summed E-state index contributed by atoms with van der Waals surface area (Å²) in [5.74, 6) is -0.479. The lowest BCUT2D eigenvalue weighted by atomic mass is 10.1. The Hall–Kier alpha value is -1.75. The zero-order valence-corrected chi connectivity index (χ0v) is 9.61. The monoisotopic (exact) mass is 235 g/mol. The number of benzene rings is 1. The van der Waals surface area contributed by atoms with Crippen molar-refractivity contribution in [1.82, 2.24) is 0 Å². The summed E-state index contributed by atoms with van der Waals surface area (Å²) in [4.78, 5) is 11.3. The molecule has 1 atom stereocenters. The molecule has 1 amide bonds. The highest BCUT2D eigenvalue weighted by molar-refractivity contribution is 5.99. The lowest BCUT2D eigenvalue weighted by Gasteiger charge is -2.14. The molecular formula is C12H17N3O2. The fraction of sp³-hybridized carbons (Fsp3) is 0.417. The van der Waals surface area contributed by atoms with E-state index in [1.807, 2.05) is 0 Å². The number of carbonyl (C=O) groups excluding carboxylic acids is 1. The van der Waals surface area contributed by atoms with Gasteiger partial charge in [0.1, 0.15) is 0 Å². The maximum atomic E-state index is 11.3. The minimum Gasteiger partial charge on any atom is -0.399 e. The topological polar surface area (TPSA) is 90.4 Å². The molecule has 1 aliphatic rings. The van der Waals surface area contributed by atoms with E-state index >= 15 is 0 Å². The van der Waals surface area contributed by atoms with Crippen LogP contribution in [0.25, 0.3) is 0 Å². The Balaban J connectivity index is 2.06. The first-order valence-electron chi connectivity index (χ1n) is 5.71. The molecule has 92 valence electrons. The predicted octanol–water partition coefficient (Wildman–Crippen LogP) is 0.959. The van der Waals surface area contributed by atoms with Crippen molar-refractivity contribution in [1.29, 1.82) is 0 Å². The van der Waals surface area contributed by atoms with Crippen molar-refractivity contribution < 1.29 is 9.53 Å². The molecule has 5 N–H and O–H groups in total. The van der Waals surface area contributed by atoms with Crippen LogP contribution in [0.5, 0.6) is 0 Å². The molecule has 0 spiro atoms. The number of hydrogen-bond donors (Lipinski definition) is 3. The lowest BCUT2D eigenvalue weighted by Crippen LogP contribution is -2.21. The standard InChI is InChI=1S/C12H17N3O2/c13-8-3-4-11(10(6-8)12(14)16)15-7-9-2-1-5-17-9/h3-4,6,9,15H,1-2,5,7,13H2,(H2,14,16)/t9-/m1/s1. The van der Waals surface area contributed by atoms with Gasteiger partial charge in [-0.2, -0.15) is 0 Å². The second-order valence-electron chi connectivity index (χ2n) is 4.19. The van der Waals surface area contributed by atoms with Crippen LogP contribution in [-0.4, -0.2) is 25.2 Å². The summed E-state index contributed by atoms with van der Waals surface area (Å²) in [6.45, 7) is 1.50. The minimum absolute atomic E-state index is 0.216. The van der Waals surface area contributed by atoms with E-state index in [2.05, 4.69) is 5.32 Å². The van der Waals surface area contributed by atoms with Gasteiger partial charge in [-0.15, -0.1) is 0 Å².